The lowest BCUT2D eigenvalue weighted by molar-refractivity contribution is 0.101. The van der Waals surface area contributed by atoms with Gasteiger partial charge in [-0.25, -0.2) is 4.68 Å². The summed E-state index contributed by atoms with van der Waals surface area (Å²) in [5, 5.41) is 11.4. The van der Waals surface area contributed by atoms with Gasteiger partial charge in [-0.15, -0.1) is 0 Å². The number of benzene rings is 2. The van der Waals surface area contributed by atoms with E-state index in [1.165, 1.54) is 5.56 Å². The highest BCUT2D eigenvalue weighted by Crippen LogP contribution is 2.17. The van der Waals surface area contributed by atoms with E-state index in [9.17, 15) is 4.79 Å². The van der Waals surface area contributed by atoms with Crippen LogP contribution in [0.3, 0.4) is 0 Å². The smallest absolute Gasteiger partial charge is 0.277 e. The molecule has 8 heteroatoms. The minimum atomic E-state index is -0.330. The number of anilines is 1. The zero-order valence-corrected chi connectivity index (χ0v) is 17.4. The third-order valence-corrected chi connectivity index (χ3v) is 4.61. The first-order chi connectivity index (χ1) is 15.1. The highest BCUT2D eigenvalue weighted by atomic mass is 16.5. The molecule has 1 N–H and O–H groups in total. The molecule has 1 amide bonds. The average Bonchev–Trinajstić information content (AvgIpc) is 3.42. The Hall–Kier alpha value is -4.07. The van der Waals surface area contributed by atoms with Gasteiger partial charge in [0.25, 0.3) is 5.91 Å². The highest BCUT2D eigenvalue weighted by molar-refractivity contribution is 6.02. The molecule has 158 valence electrons. The summed E-state index contributed by atoms with van der Waals surface area (Å²) >= 11 is 0. The number of amides is 1. The number of hydrogen-bond donors (Lipinski definition) is 1. The number of aryl methyl sites for hydroxylation is 1. The standard InChI is InChI=1S/C23H23N5O3/c1-17-4-3-5-18(14-17)15-27-13-11-22(26-27)24-23(29)21-10-12-28(25-21)16-31-20-8-6-19(30-2)7-9-20/h3-14H,15-16H2,1-2H3,(H,24,26,29). The Morgan fingerprint density at radius 2 is 1.74 bits per heavy atom. The minimum absolute atomic E-state index is 0.185. The lowest BCUT2D eigenvalue weighted by Crippen LogP contribution is -2.15. The van der Waals surface area contributed by atoms with Gasteiger partial charge in [0.15, 0.2) is 18.2 Å². The Bertz CT molecular complexity index is 1160. The Morgan fingerprint density at radius 1 is 0.968 bits per heavy atom. The van der Waals surface area contributed by atoms with Crippen molar-refractivity contribution < 1.29 is 14.3 Å². The maximum absolute atomic E-state index is 12.5. The van der Waals surface area contributed by atoms with Crippen molar-refractivity contribution in [2.45, 2.75) is 20.2 Å². The molecule has 0 spiro atoms. The monoisotopic (exact) mass is 417 g/mol. The van der Waals surface area contributed by atoms with E-state index in [0.29, 0.717) is 18.1 Å². The molecule has 2 aromatic carbocycles. The molecule has 0 saturated heterocycles. The molecule has 8 nitrogen and oxygen atoms in total. The number of carbonyl (C=O) groups is 1. The van der Waals surface area contributed by atoms with Crippen molar-refractivity contribution in [3.05, 3.63) is 89.9 Å². The van der Waals surface area contributed by atoms with E-state index in [0.717, 1.165) is 11.3 Å². The Labute approximate surface area is 180 Å². The Balaban J connectivity index is 1.32. The molecule has 0 bridgehead atoms. The second-order valence-electron chi connectivity index (χ2n) is 7.03. The number of hydrogen-bond acceptors (Lipinski definition) is 5. The molecule has 4 rings (SSSR count). The SMILES string of the molecule is COc1ccc(OCn2ccc(C(=O)Nc3ccn(Cc4cccc(C)c4)n3)n2)cc1. The Kier molecular flexibility index (Phi) is 5.98. The zero-order chi connectivity index (χ0) is 21.6. The van der Waals surface area contributed by atoms with E-state index < -0.39 is 0 Å². The van der Waals surface area contributed by atoms with Crippen molar-refractivity contribution in [3.63, 3.8) is 0 Å². The molecular formula is C23H23N5O3. The van der Waals surface area contributed by atoms with Crippen LogP contribution in [-0.4, -0.2) is 32.6 Å². The van der Waals surface area contributed by atoms with E-state index in [-0.39, 0.29) is 18.3 Å². The number of nitrogens with zero attached hydrogens (tertiary/aromatic N) is 4. The number of aromatic nitrogens is 4. The van der Waals surface area contributed by atoms with Crippen LogP contribution in [0.15, 0.2) is 73.1 Å². The summed E-state index contributed by atoms with van der Waals surface area (Å²) < 4.78 is 14.1. The number of ether oxygens (including phenoxy) is 2. The molecule has 0 atom stereocenters. The first kappa shape index (κ1) is 20.2. The van der Waals surface area contributed by atoms with E-state index in [4.69, 9.17) is 9.47 Å². The highest BCUT2D eigenvalue weighted by Gasteiger charge is 2.12. The predicted molar refractivity (Wildman–Crippen MR) is 116 cm³/mol. The van der Waals surface area contributed by atoms with Crippen molar-refractivity contribution in [1.29, 1.82) is 0 Å². The van der Waals surface area contributed by atoms with Crippen LogP contribution >= 0.6 is 0 Å². The molecule has 31 heavy (non-hydrogen) atoms. The van der Waals surface area contributed by atoms with Gasteiger partial charge in [0.1, 0.15) is 11.5 Å². The van der Waals surface area contributed by atoms with Crippen LogP contribution in [-0.2, 0) is 13.3 Å². The van der Waals surface area contributed by atoms with E-state index in [1.54, 1.807) is 34.8 Å². The molecular weight excluding hydrogens is 394 g/mol. The van der Waals surface area contributed by atoms with Crippen LogP contribution in [0.5, 0.6) is 11.5 Å². The number of rotatable bonds is 8. The van der Waals surface area contributed by atoms with E-state index >= 15 is 0 Å². The van der Waals surface area contributed by atoms with Gasteiger partial charge in [0.2, 0.25) is 0 Å². The summed E-state index contributed by atoms with van der Waals surface area (Å²) in [5.41, 5.74) is 2.63. The van der Waals surface area contributed by atoms with Gasteiger partial charge in [-0.2, -0.15) is 10.2 Å². The Morgan fingerprint density at radius 3 is 2.52 bits per heavy atom. The van der Waals surface area contributed by atoms with Crippen LogP contribution in [0, 0.1) is 6.92 Å². The van der Waals surface area contributed by atoms with Gasteiger partial charge >= 0.3 is 0 Å². The summed E-state index contributed by atoms with van der Waals surface area (Å²) in [6.45, 7) is 2.87. The molecule has 0 fully saturated rings. The fraction of sp³-hybridized carbons (Fsp3) is 0.174. The lowest BCUT2D eigenvalue weighted by atomic mass is 10.1. The van der Waals surface area contributed by atoms with Gasteiger partial charge < -0.3 is 14.8 Å². The first-order valence-corrected chi connectivity index (χ1v) is 9.80. The van der Waals surface area contributed by atoms with Gasteiger partial charge in [0, 0.05) is 18.5 Å². The van der Waals surface area contributed by atoms with Crippen LogP contribution < -0.4 is 14.8 Å². The molecule has 0 aliphatic rings. The summed E-state index contributed by atoms with van der Waals surface area (Å²) in [4.78, 5) is 12.5. The van der Waals surface area contributed by atoms with Gasteiger partial charge in [-0.1, -0.05) is 29.8 Å². The van der Waals surface area contributed by atoms with Crippen LogP contribution in [0.25, 0.3) is 0 Å². The number of methoxy groups -OCH3 is 1. The number of carbonyl (C=O) groups excluding carboxylic acids is 1. The van der Waals surface area contributed by atoms with E-state index in [1.807, 2.05) is 42.6 Å². The quantitative estimate of drug-likeness (QED) is 0.472. The number of nitrogens with one attached hydrogen (secondary N) is 1. The van der Waals surface area contributed by atoms with Crippen LogP contribution in [0.2, 0.25) is 0 Å². The molecule has 2 aromatic heterocycles. The minimum Gasteiger partial charge on any atom is -0.497 e. The summed E-state index contributed by atoms with van der Waals surface area (Å²) in [6, 6.07) is 18.9. The van der Waals surface area contributed by atoms with Gasteiger partial charge in [-0.3, -0.25) is 9.48 Å². The molecule has 0 aliphatic carbocycles. The first-order valence-electron chi connectivity index (χ1n) is 9.80. The topological polar surface area (TPSA) is 83.2 Å². The lowest BCUT2D eigenvalue weighted by Gasteiger charge is -2.07. The maximum Gasteiger partial charge on any atom is 0.277 e. The normalized spacial score (nSPS) is 10.6. The largest absolute Gasteiger partial charge is 0.497 e. The second-order valence-corrected chi connectivity index (χ2v) is 7.03. The third kappa shape index (κ3) is 5.30. The van der Waals surface area contributed by atoms with Crippen LogP contribution in [0.4, 0.5) is 5.82 Å². The fourth-order valence-corrected chi connectivity index (χ4v) is 3.06. The molecule has 0 aliphatic heterocycles. The van der Waals surface area contributed by atoms with Gasteiger partial charge in [-0.05, 0) is 42.8 Å². The molecule has 0 unspecified atom stereocenters. The van der Waals surface area contributed by atoms with Gasteiger partial charge in [0.05, 0.1) is 13.7 Å². The summed E-state index contributed by atoms with van der Waals surface area (Å²) in [7, 11) is 1.61. The van der Waals surface area contributed by atoms with Crippen molar-refractivity contribution in [2.75, 3.05) is 12.4 Å². The van der Waals surface area contributed by atoms with Crippen molar-refractivity contribution in [1.82, 2.24) is 19.6 Å². The van der Waals surface area contributed by atoms with Crippen molar-refractivity contribution >= 4 is 11.7 Å². The van der Waals surface area contributed by atoms with Crippen molar-refractivity contribution in [3.8, 4) is 11.5 Å². The molecule has 4 aromatic rings. The summed E-state index contributed by atoms with van der Waals surface area (Å²) in [5.74, 6) is 1.58. The average molecular weight is 417 g/mol. The van der Waals surface area contributed by atoms with E-state index in [2.05, 4.69) is 34.6 Å². The predicted octanol–water partition coefficient (Wildman–Crippen LogP) is 3.73. The zero-order valence-electron chi connectivity index (χ0n) is 17.4. The molecule has 0 saturated carbocycles. The maximum atomic E-state index is 12.5. The molecule has 2 heterocycles. The van der Waals surface area contributed by atoms with Crippen molar-refractivity contribution in [2.24, 2.45) is 0 Å². The molecule has 0 radical (unpaired) electrons. The second kappa shape index (κ2) is 9.17. The third-order valence-electron chi connectivity index (χ3n) is 4.61. The summed E-state index contributed by atoms with van der Waals surface area (Å²) in [6.07, 6.45) is 3.52. The van der Waals surface area contributed by atoms with Crippen LogP contribution in [0.1, 0.15) is 21.6 Å². The fourth-order valence-electron chi connectivity index (χ4n) is 3.06.